The number of aromatic nitrogens is 3. The van der Waals surface area contributed by atoms with Gasteiger partial charge >= 0.3 is 6.09 Å². The van der Waals surface area contributed by atoms with Gasteiger partial charge in [0.15, 0.2) is 0 Å². The fourth-order valence-electron chi connectivity index (χ4n) is 3.79. The van der Waals surface area contributed by atoms with Crippen molar-refractivity contribution in [3.8, 4) is 0 Å². The van der Waals surface area contributed by atoms with Gasteiger partial charge in [0, 0.05) is 36.6 Å². The van der Waals surface area contributed by atoms with E-state index in [9.17, 15) is 9.90 Å². The van der Waals surface area contributed by atoms with E-state index in [4.69, 9.17) is 11.6 Å². The highest BCUT2D eigenvalue weighted by atomic mass is 35.5. The van der Waals surface area contributed by atoms with Crippen LogP contribution in [0.25, 0.3) is 5.65 Å². The van der Waals surface area contributed by atoms with E-state index in [1.165, 1.54) is 0 Å². The number of nitrogens with one attached hydrogen (secondary N) is 1. The van der Waals surface area contributed by atoms with Crippen LogP contribution >= 0.6 is 11.6 Å². The number of rotatable bonds is 2. The van der Waals surface area contributed by atoms with Crippen molar-refractivity contribution in [3.63, 3.8) is 0 Å². The monoisotopic (exact) mass is 321 g/mol. The molecular weight excluding hydrogens is 306 g/mol. The Bertz CT molecular complexity index is 719. The highest BCUT2D eigenvalue weighted by Crippen LogP contribution is 2.36. The molecule has 2 aliphatic heterocycles. The molecule has 2 aliphatic rings. The molecule has 2 aromatic heterocycles. The maximum absolute atomic E-state index is 11.3. The van der Waals surface area contributed by atoms with Crippen LogP contribution in [0.4, 0.5) is 10.7 Å². The van der Waals surface area contributed by atoms with E-state index in [1.807, 2.05) is 10.6 Å². The van der Waals surface area contributed by atoms with Gasteiger partial charge in [-0.3, -0.25) is 4.40 Å². The lowest BCUT2D eigenvalue weighted by Crippen LogP contribution is -2.49. The van der Waals surface area contributed by atoms with E-state index >= 15 is 0 Å². The number of halogens is 1. The second-order valence-electron chi connectivity index (χ2n) is 5.95. The van der Waals surface area contributed by atoms with Crippen molar-refractivity contribution in [2.75, 3.05) is 5.32 Å². The van der Waals surface area contributed by atoms with Gasteiger partial charge in [0.05, 0.1) is 0 Å². The summed E-state index contributed by atoms with van der Waals surface area (Å²) in [6.45, 7) is 0. The van der Waals surface area contributed by atoms with Gasteiger partial charge in [-0.25, -0.2) is 14.8 Å². The Labute approximate surface area is 131 Å². The van der Waals surface area contributed by atoms with Gasteiger partial charge < -0.3 is 15.3 Å². The Morgan fingerprint density at radius 3 is 2.77 bits per heavy atom. The van der Waals surface area contributed by atoms with E-state index < -0.39 is 6.09 Å². The number of nitrogens with zero attached hydrogens (tertiary/aromatic N) is 4. The molecule has 2 N–H and O–H groups in total. The average molecular weight is 322 g/mol. The lowest BCUT2D eigenvalue weighted by molar-refractivity contribution is 0.0993. The summed E-state index contributed by atoms with van der Waals surface area (Å²) >= 11 is 6.04. The molecule has 8 heteroatoms. The molecule has 2 aromatic rings. The summed E-state index contributed by atoms with van der Waals surface area (Å²) in [4.78, 5) is 21.5. The molecule has 0 radical (unpaired) electrons. The molecule has 7 nitrogen and oxygen atoms in total. The zero-order chi connectivity index (χ0) is 15.3. The molecule has 2 fully saturated rings. The number of piperidine rings is 1. The molecule has 2 saturated heterocycles. The summed E-state index contributed by atoms with van der Waals surface area (Å²) in [7, 11) is 0. The van der Waals surface area contributed by atoms with Gasteiger partial charge in [0.2, 0.25) is 5.95 Å². The Morgan fingerprint density at radius 2 is 2.09 bits per heavy atom. The van der Waals surface area contributed by atoms with Crippen LogP contribution < -0.4 is 5.32 Å². The molecule has 2 atom stereocenters. The van der Waals surface area contributed by atoms with E-state index in [1.54, 1.807) is 17.2 Å². The smallest absolute Gasteiger partial charge is 0.407 e. The van der Waals surface area contributed by atoms with Crippen molar-refractivity contribution in [3.05, 3.63) is 23.6 Å². The van der Waals surface area contributed by atoms with Gasteiger partial charge in [-0.15, -0.1) is 0 Å². The van der Waals surface area contributed by atoms with Crippen LogP contribution in [-0.2, 0) is 0 Å². The molecule has 0 saturated carbocycles. The van der Waals surface area contributed by atoms with Gasteiger partial charge in [0.1, 0.15) is 10.8 Å². The topological polar surface area (TPSA) is 82.8 Å². The summed E-state index contributed by atoms with van der Waals surface area (Å²) in [6, 6.07) is 2.12. The molecule has 2 unspecified atom stereocenters. The Balaban J connectivity index is 1.57. The van der Waals surface area contributed by atoms with Gasteiger partial charge in [-0.2, -0.15) is 0 Å². The third-order valence-corrected chi connectivity index (χ3v) is 4.84. The van der Waals surface area contributed by atoms with E-state index in [0.717, 1.165) is 31.3 Å². The number of carbonyl (C=O) groups is 1. The van der Waals surface area contributed by atoms with Crippen LogP contribution in [0.15, 0.2) is 18.5 Å². The largest absolute Gasteiger partial charge is 0.465 e. The number of imidazole rings is 1. The van der Waals surface area contributed by atoms with Gasteiger partial charge in [-0.1, -0.05) is 11.6 Å². The predicted octanol–water partition coefficient (Wildman–Crippen LogP) is 2.47. The van der Waals surface area contributed by atoms with Crippen LogP contribution in [0.5, 0.6) is 0 Å². The van der Waals surface area contributed by atoms with Crippen molar-refractivity contribution >= 4 is 29.3 Å². The Kier molecular flexibility index (Phi) is 3.11. The summed E-state index contributed by atoms with van der Waals surface area (Å²) in [6.07, 6.45) is 6.22. The molecular formula is C14H16ClN5O2. The Hall–Kier alpha value is -2.02. The van der Waals surface area contributed by atoms with Gasteiger partial charge in [-0.05, 0) is 25.7 Å². The third kappa shape index (κ3) is 2.16. The van der Waals surface area contributed by atoms with Crippen molar-refractivity contribution in [1.29, 1.82) is 0 Å². The molecule has 2 bridgehead atoms. The first-order valence-electron chi connectivity index (χ1n) is 7.39. The van der Waals surface area contributed by atoms with Crippen molar-refractivity contribution in [1.82, 2.24) is 19.3 Å². The van der Waals surface area contributed by atoms with Crippen LogP contribution in [-0.4, -0.2) is 48.6 Å². The average Bonchev–Trinajstić information content (AvgIpc) is 3.02. The lowest BCUT2D eigenvalue weighted by atomic mass is 9.98. The minimum atomic E-state index is -0.802. The zero-order valence-corrected chi connectivity index (χ0v) is 12.6. The first-order valence-corrected chi connectivity index (χ1v) is 7.77. The number of anilines is 1. The summed E-state index contributed by atoms with van der Waals surface area (Å²) < 4.78 is 1.86. The molecule has 116 valence electrons. The third-order valence-electron chi connectivity index (χ3n) is 4.65. The molecule has 0 spiro atoms. The predicted molar refractivity (Wildman–Crippen MR) is 81.3 cm³/mol. The lowest BCUT2D eigenvalue weighted by Gasteiger charge is -2.37. The second kappa shape index (κ2) is 5.01. The van der Waals surface area contributed by atoms with E-state index in [0.29, 0.717) is 11.1 Å². The van der Waals surface area contributed by atoms with Crippen LogP contribution in [0.3, 0.4) is 0 Å². The number of carboxylic acid groups (broad SMARTS) is 1. The molecule has 0 aromatic carbocycles. The quantitative estimate of drug-likeness (QED) is 0.830. The summed E-state index contributed by atoms with van der Waals surface area (Å²) in [5.41, 5.74) is 0.744. The minimum absolute atomic E-state index is 0.103. The number of hydrogen-bond donors (Lipinski definition) is 2. The second-order valence-corrected chi connectivity index (χ2v) is 6.33. The number of hydrogen-bond acceptors (Lipinski definition) is 4. The SMILES string of the molecule is O=C(O)N1C2CCC1CC(Nc1nc(Cl)cc3nccn13)C2. The molecule has 4 rings (SSSR count). The normalized spacial score (nSPS) is 27.3. The van der Waals surface area contributed by atoms with Crippen molar-refractivity contribution < 1.29 is 9.90 Å². The Morgan fingerprint density at radius 1 is 1.36 bits per heavy atom. The molecule has 22 heavy (non-hydrogen) atoms. The standard InChI is InChI=1S/C14H16ClN5O2/c15-11-7-12-16-3-4-19(12)13(18-11)17-8-5-9-1-2-10(6-8)20(9)14(21)22/h3-4,7-10H,1-2,5-6H2,(H,17,18)(H,21,22). The fraction of sp³-hybridized carbons (Fsp3) is 0.500. The highest BCUT2D eigenvalue weighted by molar-refractivity contribution is 6.29. The van der Waals surface area contributed by atoms with Crippen LogP contribution in [0.2, 0.25) is 5.15 Å². The van der Waals surface area contributed by atoms with Crippen molar-refractivity contribution in [2.24, 2.45) is 0 Å². The molecule has 0 aliphatic carbocycles. The van der Waals surface area contributed by atoms with Crippen LogP contribution in [0, 0.1) is 0 Å². The van der Waals surface area contributed by atoms with Gasteiger partial charge in [0.25, 0.3) is 0 Å². The summed E-state index contributed by atoms with van der Waals surface area (Å²) in [5, 5.41) is 13.1. The first-order chi connectivity index (χ1) is 10.6. The number of amides is 1. The number of fused-ring (bicyclic) bond motifs is 3. The van der Waals surface area contributed by atoms with E-state index in [2.05, 4.69) is 15.3 Å². The van der Waals surface area contributed by atoms with E-state index in [-0.39, 0.29) is 18.1 Å². The van der Waals surface area contributed by atoms with Crippen LogP contribution in [0.1, 0.15) is 25.7 Å². The van der Waals surface area contributed by atoms with Crippen molar-refractivity contribution in [2.45, 2.75) is 43.8 Å². The fourth-order valence-corrected chi connectivity index (χ4v) is 3.96. The maximum atomic E-state index is 11.3. The summed E-state index contributed by atoms with van der Waals surface area (Å²) in [5.74, 6) is 0.660. The minimum Gasteiger partial charge on any atom is -0.465 e. The first kappa shape index (κ1) is 13.6. The maximum Gasteiger partial charge on any atom is 0.407 e. The molecule has 4 heterocycles. The molecule has 1 amide bonds. The highest BCUT2D eigenvalue weighted by Gasteiger charge is 2.43. The zero-order valence-electron chi connectivity index (χ0n) is 11.8.